The summed E-state index contributed by atoms with van der Waals surface area (Å²) < 4.78 is 50.7. The first-order valence-corrected chi connectivity index (χ1v) is 12.9. The molecular weight excluding hydrogens is 500 g/mol. The minimum absolute atomic E-state index is 0.0307. The Labute approximate surface area is 212 Å². The number of ketones is 1. The van der Waals surface area contributed by atoms with Gasteiger partial charge in [-0.3, -0.25) is 14.9 Å². The molecule has 7 nitrogen and oxygen atoms in total. The van der Waals surface area contributed by atoms with E-state index in [-0.39, 0.29) is 34.3 Å². The molecule has 0 spiro atoms. The van der Waals surface area contributed by atoms with Crippen LogP contribution < -0.4 is 5.32 Å². The lowest BCUT2D eigenvalue weighted by atomic mass is 9.99. The van der Waals surface area contributed by atoms with E-state index < -0.39 is 33.2 Å². The van der Waals surface area contributed by atoms with Crippen molar-refractivity contribution in [3.8, 4) is 11.1 Å². The molecule has 4 aromatic rings. The molecule has 1 aromatic heterocycles. The summed E-state index contributed by atoms with van der Waals surface area (Å²) in [6, 6.07) is 16.3. The van der Waals surface area contributed by atoms with Crippen molar-refractivity contribution in [2.24, 2.45) is 0 Å². The van der Waals surface area contributed by atoms with Crippen molar-refractivity contribution >= 4 is 27.5 Å². The van der Waals surface area contributed by atoms with Crippen molar-refractivity contribution in [1.29, 1.82) is 0 Å². The van der Waals surface area contributed by atoms with Crippen LogP contribution in [0.4, 0.5) is 14.7 Å². The Balaban J connectivity index is 1.60. The molecule has 10 heteroatoms. The summed E-state index contributed by atoms with van der Waals surface area (Å²) in [6.07, 6.45) is 1.26. The third-order valence-electron chi connectivity index (χ3n) is 5.54. The highest BCUT2D eigenvalue weighted by Gasteiger charge is 2.20. The summed E-state index contributed by atoms with van der Waals surface area (Å²) in [5.41, 5.74) is 1.46. The zero-order chi connectivity index (χ0) is 26.6. The fourth-order valence-corrected chi connectivity index (χ4v) is 4.41. The largest absolute Gasteiger partial charge is 0.294 e. The molecule has 3 aromatic carbocycles. The van der Waals surface area contributed by atoms with Crippen LogP contribution in [0.25, 0.3) is 11.1 Å². The highest BCUT2D eigenvalue weighted by molar-refractivity contribution is 7.91. The summed E-state index contributed by atoms with van der Waals surface area (Å²) in [5.74, 6) is -2.15. The molecule has 1 N–H and O–H groups in total. The number of carbonyl (C=O) groups excluding carboxylic acids is 2. The monoisotopic (exact) mass is 521 g/mol. The topological polar surface area (TPSA) is 106 Å². The number of hydrogen-bond acceptors (Lipinski definition) is 6. The maximum absolute atomic E-state index is 13.4. The molecule has 0 radical (unpaired) electrons. The first-order valence-electron chi connectivity index (χ1n) is 11.2. The molecule has 0 fully saturated rings. The fraction of sp³-hybridized carbons (Fsp3) is 0.111. The van der Waals surface area contributed by atoms with E-state index >= 15 is 0 Å². The van der Waals surface area contributed by atoms with Gasteiger partial charge < -0.3 is 0 Å². The SMILES string of the molecule is CCS(=O)(=O)c1ccc(CC(=O)Nc2ncc(-c3ccc(F)cc3)c(C(=O)c3ccc(F)cc3)n2)cc1. The van der Waals surface area contributed by atoms with Crippen molar-refractivity contribution in [1.82, 2.24) is 9.97 Å². The van der Waals surface area contributed by atoms with Gasteiger partial charge in [-0.15, -0.1) is 0 Å². The van der Waals surface area contributed by atoms with E-state index in [4.69, 9.17) is 0 Å². The zero-order valence-corrected chi connectivity index (χ0v) is 20.4. The lowest BCUT2D eigenvalue weighted by Gasteiger charge is -2.11. The van der Waals surface area contributed by atoms with Gasteiger partial charge in [0.15, 0.2) is 9.84 Å². The Morgan fingerprint density at radius 3 is 2.05 bits per heavy atom. The zero-order valence-electron chi connectivity index (χ0n) is 19.6. The van der Waals surface area contributed by atoms with Gasteiger partial charge in [-0.2, -0.15) is 0 Å². The average molecular weight is 522 g/mol. The Morgan fingerprint density at radius 1 is 0.865 bits per heavy atom. The minimum Gasteiger partial charge on any atom is -0.294 e. The van der Waals surface area contributed by atoms with Crippen LogP contribution in [-0.2, 0) is 21.1 Å². The molecule has 1 heterocycles. The fourth-order valence-electron chi connectivity index (χ4n) is 3.53. The van der Waals surface area contributed by atoms with Gasteiger partial charge >= 0.3 is 0 Å². The molecule has 0 saturated carbocycles. The van der Waals surface area contributed by atoms with Gasteiger partial charge in [0, 0.05) is 17.3 Å². The van der Waals surface area contributed by atoms with Crippen molar-refractivity contribution in [3.05, 3.63) is 107 Å². The Kier molecular flexibility index (Phi) is 7.49. The number of halogens is 2. The lowest BCUT2D eigenvalue weighted by Crippen LogP contribution is -2.18. The predicted molar refractivity (Wildman–Crippen MR) is 134 cm³/mol. The van der Waals surface area contributed by atoms with E-state index in [1.807, 2.05) is 0 Å². The molecule has 0 aliphatic rings. The van der Waals surface area contributed by atoms with E-state index in [1.165, 1.54) is 54.7 Å². The van der Waals surface area contributed by atoms with Gasteiger partial charge in [0.25, 0.3) is 0 Å². The molecule has 1 amide bonds. The Hall–Kier alpha value is -4.31. The highest BCUT2D eigenvalue weighted by atomic mass is 32.2. The number of carbonyl (C=O) groups is 2. The van der Waals surface area contributed by atoms with Gasteiger partial charge in [-0.05, 0) is 59.7 Å². The molecule has 0 unspecified atom stereocenters. The third kappa shape index (κ3) is 6.10. The predicted octanol–water partition coefficient (Wildman–Crippen LogP) is 4.63. The standard InChI is InChI=1S/C27H21F2N3O4S/c1-2-37(35,36)22-13-3-17(4-14-22)15-24(33)31-27-30-16-23(18-5-9-20(28)10-6-18)25(32-27)26(34)19-7-11-21(29)12-8-19/h3-14,16H,2,15H2,1H3,(H,30,31,32,33). The highest BCUT2D eigenvalue weighted by Crippen LogP contribution is 2.25. The van der Waals surface area contributed by atoms with E-state index in [0.29, 0.717) is 16.7 Å². The van der Waals surface area contributed by atoms with Crippen LogP contribution in [0.2, 0.25) is 0 Å². The molecule has 188 valence electrons. The van der Waals surface area contributed by atoms with E-state index in [1.54, 1.807) is 19.1 Å². The van der Waals surface area contributed by atoms with Gasteiger partial charge in [-0.1, -0.05) is 31.2 Å². The number of aromatic nitrogens is 2. The van der Waals surface area contributed by atoms with E-state index in [0.717, 1.165) is 12.1 Å². The van der Waals surface area contributed by atoms with Crippen LogP contribution in [0.15, 0.2) is 83.9 Å². The van der Waals surface area contributed by atoms with Crippen LogP contribution in [0.5, 0.6) is 0 Å². The second-order valence-electron chi connectivity index (χ2n) is 8.07. The number of nitrogens with zero attached hydrogens (tertiary/aromatic N) is 2. The maximum atomic E-state index is 13.4. The van der Waals surface area contributed by atoms with Crippen LogP contribution in [0.1, 0.15) is 28.5 Å². The smallest absolute Gasteiger partial charge is 0.231 e. The summed E-state index contributed by atoms with van der Waals surface area (Å²) in [5, 5.41) is 2.54. The molecule has 0 atom stereocenters. The summed E-state index contributed by atoms with van der Waals surface area (Å²) in [4.78, 5) is 34.4. The number of benzene rings is 3. The van der Waals surface area contributed by atoms with E-state index in [9.17, 15) is 26.8 Å². The Bertz CT molecular complexity index is 1560. The van der Waals surface area contributed by atoms with Crippen LogP contribution in [-0.4, -0.2) is 35.8 Å². The van der Waals surface area contributed by atoms with Gasteiger partial charge in [0.05, 0.1) is 17.1 Å². The number of hydrogen-bond donors (Lipinski definition) is 1. The average Bonchev–Trinajstić information content (AvgIpc) is 2.89. The molecule has 0 aliphatic carbocycles. The number of anilines is 1. The summed E-state index contributed by atoms with van der Waals surface area (Å²) in [7, 11) is -3.35. The molecule has 4 rings (SSSR count). The van der Waals surface area contributed by atoms with Gasteiger partial charge in [-0.25, -0.2) is 27.2 Å². The molecular formula is C27H21F2N3O4S. The van der Waals surface area contributed by atoms with Crippen molar-refractivity contribution in [2.45, 2.75) is 18.2 Å². The lowest BCUT2D eigenvalue weighted by molar-refractivity contribution is -0.115. The van der Waals surface area contributed by atoms with Crippen LogP contribution in [0.3, 0.4) is 0 Å². The Morgan fingerprint density at radius 2 is 1.46 bits per heavy atom. The van der Waals surface area contributed by atoms with Gasteiger partial charge in [0.2, 0.25) is 17.6 Å². The summed E-state index contributed by atoms with van der Waals surface area (Å²) >= 11 is 0. The number of nitrogens with one attached hydrogen (secondary N) is 1. The maximum Gasteiger partial charge on any atom is 0.231 e. The minimum atomic E-state index is -3.35. The number of amides is 1. The second-order valence-corrected chi connectivity index (χ2v) is 10.3. The molecule has 0 saturated heterocycles. The van der Waals surface area contributed by atoms with E-state index in [2.05, 4.69) is 15.3 Å². The van der Waals surface area contributed by atoms with Gasteiger partial charge in [0.1, 0.15) is 17.3 Å². The first kappa shape index (κ1) is 25.8. The van der Waals surface area contributed by atoms with Crippen molar-refractivity contribution in [3.63, 3.8) is 0 Å². The second kappa shape index (κ2) is 10.8. The molecule has 0 bridgehead atoms. The van der Waals surface area contributed by atoms with Crippen LogP contribution >= 0.6 is 0 Å². The third-order valence-corrected chi connectivity index (χ3v) is 7.29. The van der Waals surface area contributed by atoms with Crippen molar-refractivity contribution in [2.75, 3.05) is 11.1 Å². The first-order chi connectivity index (χ1) is 17.7. The summed E-state index contributed by atoms with van der Waals surface area (Å²) in [6.45, 7) is 1.55. The van der Waals surface area contributed by atoms with Crippen molar-refractivity contribution < 1.29 is 26.8 Å². The molecule has 37 heavy (non-hydrogen) atoms. The quantitative estimate of drug-likeness (QED) is 0.339. The normalized spacial score (nSPS) is 11.2. The molecule has 0 aliphatic heterocycles. The number of rotatable bonds is 8. The van der Waals surface area contributed by atoms with Crippen LogP contribution in [0, 0.1) is 11.6 Å². The number of sulfone groups is 1.